The normalized spacial score (nSPS) is 12.0. The van der Waals surface area contributed by atoms with E-state index in [1.807, 2.05) is 6.07 Å². The molecule has 0 saturated carbocycles. The second kappa shape index (κ2) is 9.70. The van der Waals surface area contributed by atoms with Gasteiger partial charge in [0.15, 0.2) is 10.1 Å². The Morgan fingerprint density at radius 3 is 2.08 bits per heavy atom. The van der Waals surface area contributed by atoms with E-state index in [0.29, 0.717) is 12.1 Å². The SMILES string of the molecule is C=C(C)C(=O)NCC[N+](C)(C)Cc1ccccc1.O=S(=O)([O-])C(F)(F)F. The van der Waals surface area contributed by atoms with Crippen molar-refractivity contribution in [3.8, 4) is 0 Å². The number of benzene rings is 1. The quantitative estimate of drug-likeness (QED) is 0.345. The van der Waals surface area contributed by atoms with E-state index < -0.39 is 15.6 Å². The number of hydrogen-bond acceptors (Lipinski definition) is 4. The van der Waals surface area contributed by atoms with E-state index in [2.05, 4.69) is 50.3 Å². The van der Waals surface area contributed by atoms with Gasteiger partial charge in [0.25, 0.3) is 0 Å². The van der Waals surface area contributed by atoms with Crippen molar-refractivity contribution in [3.63, 3.8) is 0 Å². The lowest BCUT2D eigenvalue weighted by atomic mass is 10.2. The molecular weight excluding hydrogens is 373 g/mol. The maximum atomic E-state index is 11.4. The highest BCUT2D eigenvalue weighted by Crippen LogP contribution is 2.20. The third-order valence-corrected chi connectivity index (χ3v) is 3.69. The molecule has 0 aliphatic carbocycles. The van der Waals surface area contributed by atoms with E-state index in [1.165, 1.54) is 5.56 Å². The Morgan fingerprint density at radius 2 is 1.69 bits per heavy atom. The first-order valence-electron chi connectivity index (χ1n) is 7.47. The molecule has 0 unspecified atom stereocenters. The number of rotatable bonds is 6. The van der Waals surface area contributed by atoms with Crippen molar-refractivity contribution in [2.24, 2.45) is 0 Å². The van der Waals surface area contributed by atoms with Gasteiger partial charge in [-0.3, -0.25) is 4.79 Å². The highest BCUT2D eigenvalue weighted by Gasteiger charge is 2.36. The zero-order valence-electron chi connectivity index (χ0n) is 14.8. The number of hydrogen-bond donors (Lipinski definition) is 1. The fourth-order valence-electron chi connectivity index (χ4n) is 1.78. The summed E-state index contributed by atoms with van der Waals surface area (Å²) < 4.78 is 59.8. The van der Waals surface area contributed by atoms with Crippen LogP contribution in [0.25, 0.3) is 0 Å². The number of nitrogens with one attached hydrogen (secondary N) is 1. The van der Waals surface area contributed by atoms with Gasteiger partial charge in [0.1, 0.15) is 6.54 Å². The van der Waals surface area contributed by atoms with Gasteiger partial charge in [-0.05, 0) is 6.92 Å². The number of carbonyl (C=O) groups is 1. The molecule has 0 heterocycles. The Labute approximate surface area is 151 Å². The molecule has 0 aliphatic heterocycles. The summed E-state index contributed by atoms with van der Waals surface area (Å²) in [5.74, 6) is -0.0605. The van der Waals surface area contributed by atoms with Crippen molar-refractivity contribution in [2.45, 2.75) is 19.0 Å². The fraction of sp³-hybridized carbons (Fsp3) is 0.438. The van der Waals surface area contributed by atoms with Crippen LogP contribution in [0.5, 0.6) is 0 Å². The van der Waals surface area contributed by atoms with Gasteiger partial charge < -0.3 is 14.4 Å². The maximum Gasteiger partial charge on any atom is 0.485 e. The van der Waals surface area contributed by atoms with Gasteiger partial charge in [0.05, 0.1) is 27.2 Å². The Hall–Kier alpha value is -1.91. The van der Waals surface area contributed by atoms with Crippen LogP contribution >= 0.6 is 0 Å². The van der Waals surface area contributed by atoms with E-state index in [1.54, 1.807) is 6.92 Å². The average molecular weight is 396 g/mol. The lowest BCUT2D eigenvalue weighted by molar-refractivity contribution is -0.902. The second-order valence-electron chi connectivity index (χ2n) is 6.24. The summed E-state index contributed by atoms with van der Waals surface area (Å²) in [7, 11) is -1.76. The minimum absolute atomic E-state index is 0.0605. The molecule has 1 amide bonds. The molecule has 0 bridgehead atoms. The molecule has 148 valence electrons. The zero-order chi connectivity index (χ0) is 20.6. The van der Waals surface area contributed by atoms with Gasteiger partial charge in [-0.2, -0.15) is 13.2 Å². The number of alkyl halides is 3. The number of nitrogens with zero attached hydrogens (tertiary/aromatic N) is 1. The van der Waals surface area contributed by atoms with Gasteiger partial charge in [-0.25, -0.2) is 8.42 Å². The predicted octanol–water partition coefficient (Wildman–Crippen LogP) is 2.01. The van der Waals surface area contributed by atoms with Crippen molar-refractivity contribution in [2.75, 3.05) is 27.2 Å². The molecule has 6 nitrogen and oxygen atoms in total. The van der Waals surface area contributed by atoms with Crippen LogP contribution in [-0.2, 0) is 21.5 Å². The Morgan fingerprint density at radius 1 is 1.23 bits per heavy atom. The minimum atomic E-state index is -6.09. The largest absolute Gasteiger partial charge is 0.741 e. The van der Waals surface area contributed by atoms with E-state index in [4.69, 9.17) is 13.0 Å². The third-order valence-electron chi connectivity index (χ3n) is 3.13. The average Bonchev–Trinajstić information content (AvgIpc) is 2.45. The molecule has 0 saturated heterocycles. The van der Waals surface area contributed by atoms with Gasteiger partial charge in [0, 0.05) is 11.1 Å². The molecular formula is C16H23F3N2O4S. The Balaban J connectivity index is 0.000000660. The predicted molar refractivity (Wildman–Crippen MR) is 90.7 cm³/mol. The monoisotopic (exact) mass is 396 g/mol. The summed E-state index contributed by atoms with van der Waals surface area (Å²) in [6.07, 6.45) is 0. The Bertz CT molecular complexity index is 702. The lowest BCUT2D eigenvalue weighted by Crippen LogP contribution is -2.44. The van der Waals surface area contributed by atoms with Crippen LogP contribution in [0.15, 0.2) is 42.5 Å². The lowest BCUT2D eigenvalue weighted by Gasteiger charge is -2.30. The number of quaternary nitrogens is 1. The molecule has 0 spiro atoms. The van der Waals surface area contributed by atoms with Gasteiger partial charge in [0.2, 0.25) is 5.91 Å². The molecule has 0 atom stereocenters. The summed E-state index contributed by atoms with van der Waals surface area (Å²) in [5.41, 5.74) is -3.77. The van der Waals surface area contributed by atoms with E-state index in [-0.39, 0.29) is 5.91 Å². The topological polar surface area (TPSA) is 86.3 Å². The molecule has 1 rings (SSSR count). The molecule has 0 fully saturated rings. The van der Waals surface area contributed by atoms with Crippen LogP contribution in [0.3, 0.4) is 0 Å². The van der Waals surface area contributed by atoms with Gasteiger partial charge in [-0.1, -0.05) is 36.9 Å². The van der Waals surface area contributed by atoms with E-state index in [0.717, 1.165) is 17.6 Å². The zero-order valence-corrected chi connectivity index (χ0v) is 15.7. The summed E-state index contributed by atoms with van der Waals surface area (Å²) in [5, 5.41) is 2.87. The number of likely N-dealkylation sites (N-methyl/N-ethyl adjacent to an activating group) is 1. The third kappa shape index (κ3) is 10.2. The molecule has 0 aromatic heterocycles. The number of amides is 1. The summed E-state index contributed by atoms with van der Waals surface area (Å²) in [6.45, 7) is 7.87. The first-order chi connectivity index (χ1) is 11.7. The molecule has 1 aromatic carbocycles. The number of carbonyl (C=O) groups excluding carboxylic acids is 1. The Kier molecular flexibility index (Phi) is 8.98. The van der Waals surface area contributed by atoms with Crippen LogP contribution in [0.4, 0.5) is 13.2 Å². The van der Waals surface area contributed by atoms with Crippen molar-refractivity contribution >= 4 is 16.0 Å². The summed E-state index contributed by atoms with van der Waals surface area (Å²) in [6, 6.07) is 10.4. The highest BCUT2D eigenvalue weighted by molar-refractivity contribution is 7.86. The van der Waals surface area contributed by atoms with Gasteiger partial charge >= 0.3 is 5.51 Å². The number of halogens is 3. The standard InChI is InChI=1S/C15H22N2O.CHF3O3S/c1-13(2)15(18)16-10-11-17(3,4)12-14-8-6-5-7-9-14;2-1(3,4)8(5,6)7/h5-9H,1,10-12H2,2-4H3;(H,5,6,7). The van der Waals surface area contributed by atoms with Gasteiger partial charge in [-0.15, -0.1) is 0 Å². The first-order valence-corrected chi connectivity index (χ1v) is 8.88. The van der Waals surface area contributed by atoms with Crippen molar-refractivity contribution < 1.29 is 35.4 Å². The first kappa shape index (κ1) is 24.1. The van der Waals surface area contributed by atoms with Crippen molar-refractivity contribution in [1.29, 1.82) is 0 Å². The van der Waals surface area contributed by atoms with E-state index in [9.17, 15) is 18.0 Å². The highest BCUT2D eigenvalue weighted by atomic mass is 32.2. The van der Waals surface area contributed by atoms with Crippen LogP contribution in [-0.4, -0.2) is 56.1 Å². The fourth-order valence-corrected chi connectivity index (χ4v) is 1.78. The van der Waals surface area contributed by atoms with Crippen LogP contribution in [0.2, 0.25) is 0 Å². The molecule has 26 heavy (non-hydrogen) atoms. The maximum absolute atomic E-state index is 11.4. The second-order valence-corrected chi connectivity index (χ2v) is 7.61. The molecule has 10 heteroatoms. The summed E-state index contributed by atoms with van der Waals surface area (Å²) >= 11 is 0. The smallest absolute Gasteiger partial charge is 0.485 e. The molecule has 1 N–H and O–H groups in total. The van der Waals surface area contributed by atoms with Crippen LogP contribution in [0, 0.1) is 0 Å². The molecule has 0 aliphatic rings. The van der Waals surface area contributed by atoms with Crippen LogP contribution in [0.1, 0.15) is 12.5 Å². The van der Waals surface area contributed by atoms with Crippen molar-refractivity contribution in [1.82, 2.24) is 5.32 Å². The van der Waals surface area contributed by atoms with Crippen LogP contribution < -0.4 is 5.32 Å². The molecule has 0 radical (unpaired) electrons. The molecule has 1 aromatic rings. The van der Waals surface area contributed by atoms with Crippen molar-refractivity contribution in [3.05, 3.63) is 48.0 Å². The summed E-state index contributed by atoms with van der Waals surface area (Å²) in [4.78, 5) is 11.4. The van der Waals surface area contributed by atoms with E-state index >= 15 is 0 Å². The minimum Gasteiger partial charge on any atom is -0.741 e.